The van der Waals surface area contributed by atoms with E-state index in [2.05, 4.69) is 46.9 Å². The van der Waals surface area contributed by atoms with Crippen LogP contribution in [0.15, 0.2) is 22.4 Å². The minimum atomic E-state index is -0.598. The lowest BCUT2D eigenvalue weighted by Gasteiger charge is -2.17. The summed E-state index contributed by atoms with van der Waals surface area (Å²) in [5.41, 5.74) is 3.47. The van der Waals surface area contributed by atoms with E-state index in [0.717, 1.165) is 0 Å². The van der Waals surface area contributed by atoms with Gasteiger partial charge in [-0.2, -0.15) is 0 Å². The van der Waals surface area contributed by atoms with Crippen LogP contribution in [0.3, 0.4) is 0 Å². The van der Waals surface area contributed by atoms with Crippen molar-refractivity contribution in [2.24, 2.45) is 5.41 Å². The maximum Gasteiger partial charge on any atom is 0.0647 e. The maximum absolute atomic E-state index is 2.48. The van der Waals surface area contributed by atoms with Crippen LogP contribution in [0.1, 0.15) is 27.7 Å². The lowest BCUT2D eigenvalue weighted by atomic mass is 9.88. The number of hydrogen-bond acceptors (Lipinski definition) is 0. The van der Waals surface area contributed by atoms with Gasteiger partial charge in [0.1, 0.15) is 0 Å². The highest BCUT2D eigenvalue weighted by atomic mass is 28.3. The average Bonchev–Trinajstić information content (AvgIpc) is 2.14. The molecule has 0 aromatic heterocycles. The minimum absolute atomic E-state index is 0.330. The van der Waals surface area contributed by atoms with E-state index in [0.29, 0.717) is 5.41 Å². The van der Waals surface area contributed by atoms with Crippen LogP contribution in [0.25, 0.3) is 0 Å². The van der Waals surface area contributed by atoms with Gasteiger partial charge in [0.25, 0.3) is 0 Å². The van der Waals surface area contributed by atoms with Crippen LogP contribution in [0.5, 0.6) is 0 Å². The van der Waals surface area contributed by atoms with E-state index in [4.69, 9.17) is 0 Å². The molecule has 1 aliphatic carbocycles. The molecule has 0 aromatic carbocycles. The zero-order chi connectivity index (χ0) is 9.52. The highest BCUT2D eigenvalue weighted by Crippen LogP contribution is 2.40. The van der Waals surface area contributed by atoms with Crippen molar-refractivity contribution >= 4 is 8.80 Å². The number of hydrogen-bond donors (Lipinski definition) is 0. The van der Waals surface area contributed by atoms with Crippen LogP contribution in [0, 0.1) is 5.41 Å². The number of rotatable bonds is 1. The molecule has 0 saturated carbocycles. The molecule has 0 saturated heterocycles. The standard InChI is InChI=1S/C11H20Si/c1-8-9(2)11(3,4)7-10(8)12(5)6/h7,12H,1-6H3. The van der Waals surface area contributed by atoms with Gasteiger partial charge in [0.05, 0.1) is 8.80 Å². The summed E-state index contributed by atoms with van der Waals surface area (Å²) in [5.74, 6) is 0. The Kier molecular flexibility index (Phi) is 2.35. The van der Waals surface area contributed by atoms with Gasteiger partial charge in [-0.05, 0) is 13.8 Å². The van der Waals surface area contributed by atoms with Gasteiger partial charge >= 0.3 is 0 Å². The molecule has 0 amide bonds. The van der Waals surface area contributed by atoms with E-state index in [1.165, 1.54) is 0 Å². The Balaban J connectivity index is 3.10. The molecule has 1 aliphatic rings. The number of allylic oxidation sites excluding steroid dienone is 4. The Morgan fingerprint density at radius 1 is 1.17 bits per heavy atom. The SMILES string of the molecule is CC1=C(C)C(C)(C)C=C1[SiH](C)C. The summed E-state index contributed by atoms with van der Waals surface area (Å²) in [4.78, 5) is 0. The molecule has 0 N–H and O–H groups in total. The van der Waals surface area contributed by atoms with Crippen molar-refractivity contribution in [3.05, 3.63) is 22.4 Å². The molecule has 1 heteroatoms. The first-order chi connectivity index (χ1) is 5.36. The van der Waals surface area contributed by atoms with Crippen molar-refractivity contribution in [3.8, 4) is 0 Å². The second kappa shape index (κ2) is 2.88. The second-order valence-electron chi connectivity index (χ2n) is 4.73. The summed E-state index contributed by atoms with van der Waals surface area (Å²) in [7, 11) is -0.598. The van der Waals surface area contributed by atoms with E-state index < -0.39 is 8.80 Å². The summed E-state index contributed by atoms with van der Waals surface area (Å²) in [6.45, 7) is 14.0. The predicted octanol–water partition coefficient (Wildman–Crippen LogP) is 3.31. The molecular formula is C11H20Si. The fraction of sp³-hybridized carbons (Fsp3) is 0.636. The van der Waals surface area contributed by atoms with Gasteiger partial charge in [0, 0.05) is 5.41 Å². The molecule has 0 aromatic rings. The predicted molar refractivity (Wildman–Crippen MR) is 59.1 cm³/mol. The molecule has 0 radical (unpaired) electrons. The Hall–Kier alpha value is -0.303. The second-order valence-corrected chi connectivity index (χ2v) is 7.66. The van der Waals surface area contributed by atoms with Crippen LogP contribution in [0.2, 0.25) is 13.1 Å². The van der Waals surface area contributed by atoms with Gasteiger partial charge in [0.15, 0.2) is 0 Å². The van der Waals surface area contributed by atoms with Crippen LogP contribution in [-0.2, 0) is 0 Å². The Morgan fingerprint density at radius 2 is 1.67 bits per heavy atom. The van der Waals surface area contributed by atoms with Crippen molar-refractivity contribution in [3.63, 3.8) is 0 Å². The molecule has 0 bridgehead atoms. The van der Waals surface area contributed by atoms with Gasteiger partial charge < -0.3 is 0 Å². The summed E-state index contributed by atoms with van der Waals surface area (Å²) in [5, 5.41) is 1.68. The molecule has 12 heavy (non-hydrogen) atoms. The minimum Gasteiger partial charge on any atom is -0.0756 e. The Labute approximate surface area is 78.0 Å². The van der Waals surface area contributed by atoms with Gasteiger partial charge in [-0.15, -0.1) is 0 Å². The van der Waals surface area contributed by atoms with Crippen molar-refractivity contribution in [1.82, 2.24) is 0 Å². The molecule has 0 spiro atoms. The lowest BCUT2D eigenvalue weighted by Crippen LogP contribution is -2.06. The topological polar surface area (TPSA) is 0 Å². The van der Waals surface area contributed by atoms with Gasteiger partial charge in [-0.3, -0.25) is 0 Å². The quantitative estimate of drug-likeness (QED) is 0.543. The van der Waals surface area contributed by atoms with Gasteiger partial charge in [0.2, 0.25) is 0 Å². The molecular weight excluding hydrogens is 160 g/mol. The van der Waals surface area contributed by atoms with Crippen molar-refractivity contribution in [2.75, 3.05) is 0 Å². The molecule has 0 atom stereocenters. The largest absolute Gasteiger partial charge is 0.0756 e. The smallest absolute Gasteiger partial charge is 0.0647 e. The summed E-state index contributed by atoms with van der Waals surface area (Å²) in [6.07, 6.45) is 2.48. The fourth-order valence-electron chi connectivity index (χ4n) is 1.90. The monoisotopic (exact) mass is 180 g/mol. The third-order valence-electron chi connectivity index (χ3n) is 3.10. The Morgan fingerprint density at radius 3 is 1.83 bits per heavy atom. The first-order valence-corrected chi connectivity index (χ1v) is 7.66. The van der Waals surface area contributed by atoms with E-state index in [1.54, 1.807) is 16.3 Å². The van der Waals surface area contributed by atoms with E-state index in [1.807, 2.05) is 0 Å². The lowest BCUT2D eigenvalue weighted by molar-refractivity contribution is 0.588. The summed E-state index contributed by atoms with van der Waals surface area (Å²) >= 11 is 0. The van der Waals surface area contributed by atoms with E-state index in [9.17, 15) is 0 Å². The Bertz CT molecular complexity index is 254. The van der Waals surface area contributed by atoms with Crippen molar-refractivity contribution in [2.45, 2.75) is 40.8 Å². The molecule has 0 nitrogen and oxygen atoms in total. The maximum atomic E-state index is 2.48. The molecule has 0 aliphatic heterocycles. The summed E-state index contributed by atoms with van der Waals surface area (Å²) < 4.78 is 0. The fourth-order valence-corrected chi connectivity index (χ4v) is 3.74. The van der Waals surface area contributed by atoms with Crippen LogP contribution >= 0.6 is 0 Å². The first kappa shape index (κ1) is 9.78. The van der Waals surface area contributed by atoms with Crippen molar-refractivity contribution < 1.29 is 0 Å². The third kappa shape index (κ3) is 1.42. The molecule has 0 unspecified atom stereocenters. The molecule has 0 heterocycles. The first-order valence-electron chi connectivity index (χ1n) is 4.77. The van der Waals surface area contributed by atoms with Gasteiger partial charge in [-0.25, -0.2) is 0 Å². The zero-order valence-electron chi connectivity index (χ0n) is 9.15. The third-order valence-corrected chi connectivity index (χ3v) is 4.94. The van der Waals surface area contributed by atoms with Crippen molar-refractivity contribution in [1.29, 1.82) is 0 Å². The molecule has 68 valence electrons. The van der Waals surface area contributed by atoms with E-state index >= 15 is 0 Å². The average molecular weight is 180 g/mol. The van der Waals surface area contributed by atoms with Crippen LogP contribution in [0.4, 0.5) is 0 Å². The highest BCUT2D eigenvalue weighted by Gasteiger charge is 2.28. The summed E-state index contributed by atoms with van der Waals surface area (Å²) in [6, 6.07) is 0. The van der Waals surface area contributed by atoms with Crippen LogP contribution in [-0.4, -0.2) is 8.80 Å². The van der Waals surface area contributed by atoms with Gasteiger partial charge in [-0.1, -0.05) is 49.4 Å². The molecule has 0 fully saturated rings. The normalized spacial score (nSPS) is 22.1. The zero-order valence-corrected chi connectivity index (χ0v) is 10.3. The van der Waals surface area contributed by atoms with E-state index in [-0.39, 0.29) is 0 Å². The highest BCUT2D eigenvalue weighted by molar-refractivity contribution is 6.65. The van der Waals surface area contributed by atoms with Crippen LogP contribution < -0.4 is 0 Å². The molecule has 1 rings (SSSR count).